The highest BCUT2D eigenvalue weighted by molar-refractivity contribution is 5.69. The zero-order valence-electron chi connectivity index (χ0n) is 10.8. The SMILES string of the molecule is CCOC(=O)CC1CCCC1c1ccc(O)cc1. The van der Waals surface area contributed by atoms with Gasteiger partial charge in [0.2, 0.25) is 0 Å². The molecule has 1 N–H and O–H groups in total. The van der Waals surface area contributed by atoms with Crippen molar-refractivity contribution >= 4 is 5.97 Å². The van der Waals surface area contributed by atoms with Crippen LogP contribution in [-0.4, -0.2) is 17.7 Å². The van der Waals surface area contributed by atoms with Gasteiger partial charge in [-0.15, -0.1) is 0 Å². The lowest BCUT2D eigenvalue weighted by Crippen LogP contribution is -2.14. The van der Waals surface area contributed by atoms with Crippen LogP contribution in [0, 0.1) is 5.92 Å². The predicted octanol–water partition coefficient (Wildman–Crippen LogP) is 3.23. The number of rotatable bonds is 4. The first-order valence-electron chi connectivity index (χ1n) is 6.65. The predicted molar refractivity (Wildman–Crippen MR) is 69.4 cm³/mol. The molecule has 0 saturated heterocycles. The fourth-order valence-electron chi connectivity index (χ4n) is 2.88. The average Bonchev–Trinajstić information content (AvgIpc) is 2.78. The molecule has 1 aromatic carbocycles. The monoisotopic (exact) mass is 248 g/mol. The first kappa shape index (κ1) is 12.9. The lowest BCUT2D eigenvalue weighted by Gasteiger charge is -2.19. The third kappa shape index (κ3) is 3.03. The molecule has 0 aliphatic heterocycles. The zero-order chi connectivity index (χ0) is 13.0. The molecule has 1 saturated carbocycles. The van der Waals surface area contributed by atoms with Crippen molar-refractivity contribution in [3.8, 4) is 5.75 Å². The zero-order valence-corrected chi connectivity index (χ0v) is 10.8. The fourth-order valence-corrected chi connectivity index (χ4v) is 2.88. The first-order valence-corrected chi connectivity index (χ1v) is 6.65. The highest BCUT2D eigenvalue weighted by Crippen LogP contribution is 2.41. The molecule has 0 heterocycles. The van der Waals surface area contributed by atoms with Crippen molar-refractivity contribution in [2.75, 3.05) is 6.61 Å². The van der Waals surface area contributed by atoms with Crippen LogP contribution in [0.15, 0.2) is 24.3 Å². The Labute approximate surface area is 108 Å². The molecule has 3 nitrogen and oxygen atoms in total. The van der Waals surface area contributed by atoms with Crippen LogP contribution < -0.4 is 0 Å². The third-order valence-electron chi connectivity index (χ3n) is 3.71. The van der Waals surface area contributed by atoms with E-state index in [1.54, 1.807) is 12.1 Å². The van der Waals surface area contributed by atoms with E-state index in [9.17, 15) is 9.90 Å². The van der Waals surface area contributed by atoms with Crippen LogP contribution in [0.3, 0.4) is 0 Å². The van der Waals surface area contributed by atoms with E-state index in [4.69, 9.17) is 4.74 Å². The van der Waals surface area contributed by atoms with E-state index in [0.29, 0.717) is 30.6 Å². The maximum atomic E-state index is 11.6. The maximum absolute atomic E-state index is 11.6. The molecule has 2 atom stereocenters. The number of aromatic hydroxyl groups is 1. The molecule has 0 spiro atoms. The summed E-state index contributed by atoms with van der Waals surface area (Å²) in [6.07, 6.45) is 3.88. The molecule has 2 rings (SSSR count). The van der Waals surface area contributed by atoms with Crippen LogP contribution in [0.25, 0.3) is 0 Å². The highest BCUT2D eigenvalue weighted by Gasteiger charge is 2.30. The lowest BCUT2D eigenvalue weighted by molar-refractivity contribution is -0.144. The van der Waals surface area contributed by atoms with E-state index in [-0.39, 0.29) is 5.97 Å². The van der Waals surface area contributed by atoms with Gasteiger partial charge in [0.25, 0.3) is 0 Å². The first-order chi connectivity index (χ1) is 8.70. The Morgan fingerprint density at radius 3 is 2.72 bits per heavy atom. The van der Waals surface area contributed by atoms with Crippen molar-refractivity contribution in [3.05, 3.63) is 29.8 Å². The third-order valence-corrected chi connectivity index (χ3v) is 3.71. The molecule has 0 radical (unpaired) electrons. The molecule has 1 fully saturated rings. The smallest absolute Gasteiger partial charge is 0.306 e. The van der Waals surface area contributed by atoms with Crippen molar-refractivity contribution in [2.45, 2.75) is 38.5 Å². The largest absolute Gasteiger partial charge is 0.508 e. The number of carbonyl (C=O) groups is 1. The fraction of sp³-hybridized carbons (Fsp3) is 0.533. The minimum Gasteiger partial charge on any atom is -0.508 e. The van der Waals surface area contributed by atoms with Gasteiger partial charge in [0, 0.05) is 6.42 Å². The Morgan fingerprint density at radius 1 is 1.33 bits per heavy atom. The molecule has 2 unspecified atom stereocenters. The number of ether oxygens (including phenoxy) is 1. The molecule has 18 heavy (non-hydrogen) atoms. The maximum Gasteiger partial charge on any atom is 0.306 e. The second-order valence-electron chi connectivity index (χ2n) is 4.90. The van der Waals surface area contributed by atoms with Gasteiger partial charge in [-0.05, 0) is 49.3 Å². The van der Waals surface area contributed by atoms with Gasteiger partial charge >= 0.3 is 5.97 Å². The van der Waals surface area contributed by atoms with Gasteiger partial charge in [-0.2, -0.15) is 0 Å². The quantitative estimate of drug-likeness (QED) is 0.832. The Hall–Kier alpha value is -1.51. The normalized spacial score (nSPS) is 22.9. The van der Waals surface area contributed by atoms with Gasteiger partial charge < -0.3 is 9.84 Å². The van der Waals surface area contributed by atoms with Crippen molar-refractivity contribution < 1.29 is 14.6 Å². The summed E-state index contributed by atoms with van der Waals surface area (Å²) in [5.41, 5.74) is 1.22. The minimum atomic E-state index is -0.0896. The minimum absolute atomic E-state index is 0.0896. The summed E-state index contributed by atoms with van der Waals surface area (Å²) in [4.78, 5) is 11.6. The summed E-state index contributed by atoms with van der Waals surface area (Å²) in [5, 5.41) is 9.31. The number of carbonyl (C=O) groups excluding carboxylic acids is 1. The number of hydrogen-bond donors (Lipinski definition) is 1. The Bertz CT molecular complexity index is 397. The van der Waals surface area contributed by atoms with Crippen LogP contribution in [-0.2, 0) is 9.53 Å². The van der Waals surface area contributed by atoms with E-state index in [1.165, 1.54) is 5.56 Å². The van der Waals surface area contributed by atoms with Gasteiger partial charge in [0.1, 0.15) is 5.75 Å². The summed E-state index contributed by atoms with van der Waals surface area (Å²) in [6.45, 7) is 2.29. The van der Waals surface area contributed by atoms with Crippen molar-refractivity contribution in [2.24, 2.45) is 5.92 Å². The molecule has 0 aromatic heterocycles. The average molecular weight is 248 g/mol. The van der Waals surface area contributed by atoms with E-state index in [1.807, 2.05) is 19.1 Å². The molecule has 1 aliphatic carbocycles. The molecule has 1 aliphatic rings. The van der Waals surface area contributed by atoms with Gasteiger partial charge in [-0.25, -0.2) is 0 Å². The number of phenolic OH excluding ortho intramolecular Hbond substituents is 1. The van der Waals surface area contributed by atoms with E-state index < -0.39 is 0 Å². The Balaban J connectivity index is 2.03. The number of phenols is 1. The summed E-state index contributed by atoms with van der Waals surface area (Å²) in [7, 11) is 0. The highest BCUT2D eigenvalue weighted by atomic mass is 16.5. The standard InChI is InChI=1S/C15H20O3/c1-2-18-15(17)10-12-4-3-5-14(12)11-6-8-13(16)9-7-11/h6-9,12,14,16H,2-5,10H2,1H3. The van der Waals surface area contributed by atoms with Gasteiger partial charge in [-0.1, -0.05) is 18.6 Å². The summed E-state index contributed by atoms with van der Waals surface area (Å²) in [5.74, 6) is 1.01. The lowest BCUT2D eigenvalue weighted by atomic mass is 9.87. The molecule has 0 amide bonds. The second-order valence-corrected chi connectivity index (χ2v) is 4.90. The van der Waals surface area contributed by atoms with Crippen LogP contribution >= 0.6 is 0 Å². The summed E-state index contributed by atoms with van der Waals surface area (Å²) >= 11 is 0. The van der Waals surface area contributed by atoms with Crippen molar-refractivity contribution in [1.82, 2.24) is 0 Å². The van der Waals surface area contributed by atoms with Crippen molar-refractivity contribution in [3.63, 3.8) is 0 Å². The Kier molecular flexibility index (Phi) is 4.24. The summed E-state index contributed by atoms with van der Waals surface area (Å²) in [6, 6.07) is 7.36. The number of hydrogen-bond acceptors (Lipinski definition) is 3. The topological polar surface area (TPSA) is 46.5 Å². The van der Waals surface area contributed by atoms with Crippen LogP contribution in [0.5, 0.6) is 5.75 Å². The van der Waals surface area contributed by atoms with Gasteiger partial charge in [0.15, 0.2) is 0 Å². The van der Waals surface area contributed by atoms with Crippen LogP contribution in [0.1, 0.15) is 44.1 Å². The molecular weight excluding hydrogens is 228 g/mol. The van der Waals surface area contributed by atoms with Crippen LogP contribution in [0.2, 0.25) is 0 Å². The number of esters is 1. The summed E-state index contributed by atoms with van der Waals surface area (Å²) < 4.78 is 5.03. The van der Waals surface area contributed by atoms with E-state index >= 15 is 0 Å². The van der Waals surface area contributed by atoms with Gasteiger partial charge in [0.05, 0.1) is 6.61 Å². The molecular formula is C15H20O3. The number of benzene rings is 1. The molecule has 1 aromatic rings. The Morgan fingerprint density at radius 2 is 2.06 bits per heavy atom. The van der Waals surface area contributed by atoms with E-state index in [2.05, 4.69) is 0 Å². The second kappa shape index (κ2) is 5.89. The van der Waals surface area contributed by atoms with E-state index in [0.717, 1.165) is 19.3 Å². The van der Waals surface area contributed by atoms with Gasteiger partial charge in [-0.3, -0.25) is 4.79 Å². The molecule has 98 valence electrons. The van der Waals surface area contributed by atoms with Crippen LogP contribution in [0.4, 0.5) is 0 Å². The molecule has 3 heteroatoms. The van der Waals surface area contributed by atoms with Crippen molar-refractivity contribution in [1.29, 1.82) is 0 Å². The molecule has 0 bridgehead atoms.